The highest BCUT2D eigenvalue weighted by atomic mass is 28.1. The van der Waals surface area contributed by atoms with E-state index < -0.39 is 0 Å². The molecule has 0 aliphatic rings. The van der Waals surface area contributed by atoms with Crippen LogP contribution in [0.1, 0.15) is 5.56 Å². The van der Waals surface area contributed by atoms with E-state index in [-0.39, 0.29) is 5.75 Å². The van der Waals surface area contributed by atoms with Gasteiger partial charge in [-0.05, 0) is 29.8 Å². The molecule has 0 aromatic heterocycles. The summed E-state index contributed by atoms with van der Waals surface area (Å²) in [5.41, 5.74) is 0.741. The SMILES string of the molecule is Cc1cc(O)cc([SiH3])c1O. The quantitative estimate of drug-likeness (QED) is 0.387. The molecular weight excluding hydrogens is 144 g/mol. The lowest BCUT2D eigenvalue weighted by molar-refractivity contribution is 0.460. The van der Waals surface area contributed by atoms with Crippen LogP contribution in [0.15, 0.2) is 12.1 Å². The summed E-state index contributed by atoms with van der Waals surface area (Å²) in [6.07, 6.45) is 0. The van der Waals surface area contributed by atoms with Crippen molar-refractivity contribution in [2.75, 3.05) is 0 Å². The summed E-state index contributed by atoms with van der Waals surface area (Å²) in [5, 5.41) is 19.1. The molecule has 2 nitrogen and oxygen atoms in total. The Balaban J connectivity index is 3.31. The van der Waals surface area contributed by atoms with Gasteiger partial charge in [0.2, 0.25) is 0 Å². The Hall–Kier alpha value is -0.963. The second-order valence-electron chi connectivity index (χ2n) is 2.43. The predicted molar refractivity (Wildman–Crippen MR) is 44.1 cm³/mol. The van der Waals surface area contributed by atoms with E-state index in [4.69, 9.17) is 5.11 Å². The van der Waals surface area contributed by atoms with Crippen molar-refractivity contribution in [3.63, 3.8) is 0 Å². The number of phenolic OH excluding ortho intramolecular Hbond substituents is 2. The van der Waals surface area contributed by atoms with Gasteiger partial charge in [0.25, 0.3) is 0 Å². The third kappa shape index (κ3) is 1.13. The molecule has 0 saturated carbocycles. The van der Waals surface area contributed by atoms with Crippen LogP contribution in [0.2, 0.25) is 0 Å². The predicted octanol–water partition coefficient (Wildman–Crippen LogP) is -0.603. The lowest BCUT2D eigenvalue weighted by atomic mass is 10.2. The van der Waals surface area contributed by atoms with Crippen molar-refractivity contribution in [3.8, 4) is 11.5 Å². The minimum Gasteiger partial charge on any atom is -0.508 e. The second kappa shape index (κ2) is 2.34. The summed E-state index contributed by atoms with van der Waals surface area (Å²) in [6.45, 7) is 1.77. The normalized spacial score (nSPS) is 10.1. The largest absolute Gasteiger partial charge is 0.508 e. The number of aromatic hydroxyl groups is 2. The van der Waals surface area contributed by atoms with Crippen LogP contribution in [0.5, 0.6) is 11.5 Å². The molecule has 0 atom stereocenters. The topological polar surface area (TPSA) is 40.5 Å². The number of phenols is 2. The number of rotatable bonds is 0. The van der Waals surface area contributed by atoms with Gasteiger partial charge in [0.05, 0.1) is 0 Å². The fraction of sp³-hybridized carbons (Fsp3) is 0.143. The van der Waals surface area contributed by atoms with Crippen molar-refractivity contribution in [1.29, 1.82) is 0 Å². The van der Waals surface area contributed by atoms with E-state index in [1.807, 2.05) is 0 Å². The zero-order chi connectivity index (χ0) is 7.72. The van der Waals surface area contributed by atoms with Crippen LogP contribution in [0, 0.1) is 6.92 Å². The molecule has 0 heterocycles. The molecule has 0 radical (unpaired) electrons. The van der Waals surface area contributed by atoms with Gasteiger partial charge in [0, 0.05) is 10.2 Å². The molecule has 0 fully saturated rings. The van der Waals surface area contributed by atoms with Crippen LogP contribution in [0.25, 0.3) is 0 Å². The molecule has 1 aromatic carbocycles. The van der Waals surface area contributed by atoms with E-state index in [0.717, 1.165) is 21.0 Å². The van der Waals surface area contributed by atoms with Crippen molar-refractivity contribution in [3.05, 3.63) is 17.7 Å². The number of benzene rings is 1. The molecule has 0 aliphatic heterocycles. The van der Waals surface area contributed by atoms with Gasteiger partial charge in [-0.15, -0.1) is 0 Å². The Kier molecular flexibility index (Phi) is 1.67. The van der Waals surface area contributed by atoms with Gasteiger partial charge >= 0.3 is 0 Å². The van der Waals surface area contributed by atoms with Crippen molar-refractivity contribution < 1.29 is 10.2 Å². The molecule has 0 saturated heterocycles. The van der Waals surface area contributed by atoms with Gasteiger partial charge in [0.1, 0.15) is 11.5 Å². The van der Waals surface area contributed by atoms with Crippen LogP contribution < -0.4 is 5.19 Å². The Bertz CT molecular complexity index is 235. The van der Waals surface area contributed by atoms with E-state index in [1.165, 1.54) is 0 Å². The molecule has 54 valence electrons. The average Bonchev–Trinajstić information content (AvgIpc) is 1.82. The minimum atomic E-state index is 0.236. The maximum atomic E-state index is 9.25. The van der Waals surface area contributed by atoms with Crippen LogP contribution in [-0.4, -0.2) is 20.5 Å². The van der Waals surface area contributed by atoms with Crippen molar-refractivity contribution in [2.45, 2.75) is 6.92 Å². The first-order valence-electron chi connectivity index (χ1n) is 3.10. The standard InChI is InChI=1S/C7H10O2Si/c1-4-2-5(8)3-6(10)7(4)9/h2-3,8-9H,1,10H3. The summed E-state index contributed by atoms with van der Waals surface area (Å²) in [4.78, 5) is 0. The number of hydrogen-bond acceptors (Lipinski definition) is 2. The van der Waals surface area contributed by atoms with Crippen LogP contribution in [-0.2, 0) is 0 Å². The fourth-order valence-corrected chi connectivity index (χ4v) is 1.62. The van der Waals surface area contributed by atoms with E-state index in [1.54, 1.807) is 19.1 Å². The van der Waals surface area contributed by atoms with Crippen molar-refractivity contribution in [1.82, 2.24) is 0 Å². The summed E-state index contributed by atoms with van der Waals surface area (Å²) in [6, 6.07) is 3.14. The first-order valence-corrected chi connectivity index (χ1v) is 4.10. The van der Waals surface area contributed by atoms with Gasteiger partial charge in [0.15, 0.2) is 0 Å². The third-order valence-corrected chi connectivity index (χ3v) is 2.24. The molecule has 0 spiro atoms. The lowest BCUT2D eigenvalue weighted by Crippen LogP contribution is -2.02. The maximum Gasteiger partial charge on any atom is 0.116 e. The fourth-order valence-electron chi connectivity index (χ4n) is 0.933. The third-order valence-electron chi connectivity index (χ3n) is 1.48. The lowest BCUT2D eigenvalue weighted by Gasteiger charge is -2.02. The van der Waals surface area contributed by atoms with Gasteiger partial charge in [-0.1, -0.05) is 0 Å². The van der Waals surface area contributed by atoms with Crippen molar-refractivity contribution >= 4 is 15.4 Å². The van der Waals surface area contributed by atoms with Crippen LogP contribution >= 0.6 is 0 Å². The Morgan fingerprint density at radius 3 is 2.40 bits per heavy atom. The summed E-state index contributed by atoms with van der Waals surface area (Å²) in [5.74, 6) is 0.560. The van der Waals surface area contributed by atoms with Crippen LogP contribution in [0.3, 0.4) is 0 Å². The van der Waals surface area contributed by atoms with E-state index in [0.29, 0.717) is 5.75 Å². The molecule has 0 aliphatic carbocycles. The molecule has 0 unspecified atom stereocenters. The minimum absolute atomic E-state index is 0.236. The molecule has 1 aromatic rings. The summed E-state index contributed by atoms with van der Waals surface area (Å²) < 4.78 is 0. The highest BCUT2D eigenvalue weighted by molar-refractivity contribution is 6.34. The maximum absolute atomic E-state index is 9.25. The van der Waals surface area contributed by atoms with Crippen LogP contribution in [0.4, 0.5) is 0 Å². The Labute approximate surface area is 62.6 Å². The van der Waals surface area contributed by atoms with E-state index >= 15 is 0 Å². The molecule has 0 amide bonds. The zero-order valence-corrected chi connectivity index (χ0v) is 8.05. The Morgan fingerprint density at radius 1 is 1.30 bits per heavy atom. The first-order chi connectivity index (χ1) is 4.61. The summed E-state index contributed by atoms with van der Waals surface area (Å²) in [7, 11) is 0.763. The number of aryl methyl sites for hydroxylation is 1. The summed E-state index contributed by atoms with van der Waals surface area (Å²) >= 11 is 0. The Morgan fingerprint density at radius 2 is 1.90 bits per heavy atom. The van der Waals surface area contributed by atoms with Crippen molar-refractivity contribution in [2.24, 2.45) is 0 Å². The monoisotopic (exact) mass is 154 g/mol. The molecule has 3 heteroatoms. The molecule has 2 N–H and O–H groups in total. The van der Waals surface area contributed by atoms with Gasteiger partial charge < -0.3 is 10.2 Å². The highest BCUT2D eigenvalue weighted by Gasteiger charge is 2.00. The van der Waals surface area contributed by atoms with Gasteiger partial charge in [-0.3, -0.25) is 0 Å². The zero-order valence-electron chi connectivity index (χ0n) is 6.05. The number of hydrogen-bond donors (Lipinski definition) is 2. The molecule has 10 heavy (non-hydrogen) atoms. The molecule has 0 bridgehead atoms. The smallest absolute Gasteiger partial charge is 0.116 e. The molecular formula is C7H10O2Si. The van der Waals surface area contributed by atoms with E-state index in [9.17, 15) is 5.11 Å². The second-order valence-corrected chi connectivity index (χ2v) is 3.51. The van der Waals surface area contributed by atoms with Gasteiger partial charge in [-0.25, -0.2) is 0 Å². The van der Waals surface area contributed by atoms with E-state index in [2.05, 4.69) is 0 Å². The first kappa shape index (κ1) is 7.15. The molecule has 1 rings (SSSR count). The average molecular weight is 154 g/mol. The highest BCUT2D eigenvalue weighted by Crippen LogP contribution is 2.17. The van der Waals surface area contributed by atoms with Gasteiger partial charge in [-0.2, -0.15) is 0 Å².